The number of nitrogens with two attached hydrogens (primary N) is 1. The number of carbonyl (C=O) groups is 1. The summed E-state index contributed by atoms with van der Waals surface area (Å²) in [5.41, 5.74) is 8.88. The van der Waals surface area contributed by atoms with Crippen molar-refractivity contribution >= 4 is 11.6 Å². The molecule has 0 bridgehead atoms. The molecule has 1 aromatic heterocycles. The minimum atomic E-state index is -0.0348. The fraction of sp³-hybridized carbons (Fsp3) is 0.400. The van der Waals surface area contributed by atoms with Crippen molar-refractivity contribution in [1.82, 2.24) is 15.2 Å². The molecule has 1 saturated heterocycles. The normalized spacial score (nSPS) is 17.3. The van der Waals surface area contributed by atoms with Gasteiger partial charge in [0.15, 0.2) is 0 Å². The molecule has 2 aromatic rings. The second-order valence-electron chi connectivity index (χ2n) is 6.71. The molecule has 3 N–H and O–H groups in total. The molecule has 1 amide bonds. The lowest BCUT2D eigenvalue weighted by Gasteiger charge is -2.15. The third-order valence-electron chi connectivity index (χ3n) is 4.76. The van der Waals surface area contributed by atoms with Crippen molar-refractivity contribution in [2.45, 2.75) is 6.42 Å². The van der Waals surface area contributed by atoms with Crippen LogP contribution in [-0.4, -0.2) is 55.7 Å². The first-order valence-electron chi connectivity index (χ1n) is 8.97. The van der Waals surface area contributed by atoms with Gasteiger partial charge in [-0.2, -0.15) is 0 Å². The van der Waals surface area contributed by atoms with E-state index in [1.54, 1.807) is 19.4 Å². The highest BCUT2D eigenvalue weighted by molar-refractivity contribution is 5.94. The van der Waals surface area contributed by atoms with E-state index >= 15 is 0 Å². The van der Waals surface area contributed by atoms with Gasteiger partial charge in [0, 0.05) is 49.8 Å². The minimum Gasteiger partial charge on any atom is -0.399 e. The van der Waals surface area contributed by atoms with Crippen LogP contribution in [0.2, 0.25) is 0 Å². The number of hydrogen-bond acceptors (Lipinski definition) is 5. The predicted octanol–water partition coefficient (Wildman–Crippen LogP) is 2.03. The van der Waals surface area contributed by atoms with Crippen LogP contribution in [0.5, 0.6) is 0 Å². The fourth-order valence-corrected chi connectivity index (χ4v) is 3.24. The van der Waals surface area contributed by atoms with Crippen LogP contribution in [0.15, 0.2) is 42.6 Å². The summed E-state index contributed by atoms with van der Waals surface area (Å²) >= 11 is 0. The van der Waals surface area contributed by atoms with Gasteiger partial charge in [0.05, 0.1) is 12.3 Å². The predicted molar refractivity (Wildman–Crippen MR) is 103 cm³/mol. The van der Waals surface area contributed by atoms with E-state index in [0.29, 0.717) is 23.7 Å². The number of aromatic nitrogens is 1. The van der Waals surface area contributed by atoms with E-state index in [9.17, 15) is 4.79 Å². The zero-order chi connectivity index (χ0) is 18.4. The van der Waals surface area contributed by atoms with Gasteiger partial charge in [-0.3, -0.25) is 9.78 Å². The summed E-state index contributed by atoms with van der Waals surface area (Å²) in [5.74, 6) is 0.471. The highest BCUT2D eigenvalue weighted by Crippen LogP contribution is 2.19. The van der Waals surface area contributed by atoms with Gasteiger partial charge in [-0.05, 0) is 43.1 Å². The Bertz CT molecular complexity index is 733. The second-order valence-corrected chi connectivity index (χ2v) is 6.71. The lowest BCUT2D eigenvalue weighted by Crippen LogP contribution is -2.31. The zero-order valence-electron chi connectivity index (χ0n) is 15.1. The largest absolute Gasteiger partial charge is 0.399 e. The lowest BCUT2D eigenvalue weighted by atomic mass is 10.1. The average molecular weight is 354 g/mol. The van der Waals surface area contributed by atoms with Crippen LogP contribution >= 0.6 is 0 Å². The molecule has 1 aliphatic heterocycles. The summed E-state index contributed by atoms with van der Waals surface area (Å²) in [4.78, 5) is 19.1. The maximum atomic E-state index is 12.4. The number of pyridine rings is 1. The number of nitrogen functional groups attached to an aromatic ring is 1. The van der Waals surface area contributed by atoms with Crippen LogP contribution in [0.1, 0.15) is 16.8 Å². The number of methoxy groups -OCH3 is 1. The van der Waals surface area contributed by atoms with E-state index in [1.807, 2.05) is 30.3 Å². The molecule has 1 unspecified atom stereocenters. The van der Waals surface area contributed by atoms with Crippen molar-refractivity contribution in [2.24, 2.45) is 5.92 Å². The molecule has 1 atom stereocenters. The molecule has 6 nitrogen and oxygen atoms in total. The van der Waals surface area contributed by atoms with Gasteiger partial charge in [-0.15, -0.1) is 0 Å². The maximum absolute atomic E-state index is 12.4. The number of amides is 1. The molecule has 6 heteroatoms. The highest BCUT2D eigenvalue weighted by atomic mass is 16.5. The van der Waals surface area contributed by atoms with Crippen LogP contribution < -0.4 is 11.1 Å². The molecule has 2 heterocycles. The molecule has 0 aliphatic carbocycles. The molecular formula is C20H26N4O2. The van der Waals surface area contributed by atoms with E-state index in [4.69, 9.17) is 10.5 Å². The summed E-state index contributed by atoms with van der Waals surface area (Å²) in [6.45, 7) is 4.52. The van der Waals surface area contributed by atoms with E-state index in [-0.39, 0.29) is 5.91 Å². The third kappa shape index (κ3) is 4.80. The minimum absolute atomic E-state index is 0.0348. The van der Waals surface area contributed by atoms with Crippen molar-refractivity contribution in [3.63, 3.8) is 0 Å². The number of likely N-dealkylation sites (tertiary alicyclic amines) is 1. The van der Waals surface area contributed by atoms with Gasteiger partial charge in [0.1, 0.15) is 0 Å². The molecule has 0 saturated carbocycles. The van der Waals surface area contributed by atoms with E-state index < -0.39 is 0 Å². The lowest BCUT2D eigenvalue weighted by molar-refractivity contribution is 0.0946. The van der Waals surface area contributed by atoms with Gasteiger partial charge in [-0.1, -0.05) is 12.1 Å². The van der Waals surface area contributed by atoms with Crippen LogP contribution in [0.3, 0.4) is 0 Å². The van der Waals surface area contributed by atoms with Crippen LogP contribution in [-0.2, 0) is 4.74 Å². The Balaban J connectivity index is 1.51. The number of anilines is 1. The summed E-state index contributed by atoms with van der Waals surface area (Å²) in [6, 6.07) is 11.0. The number of ether oxygens (including phenoxy) is 1. The van der Waals surface area contributed by atoms with Crippen LogP contribution in [0.25, 0.3) is 11.3 Å². The maximum Gasteiger partial charge on any atom is 0.251 e. The third-order valence-corrected chi connectivity index (χ3v) is 4.76. The quantitative estimate of drug-likeness (QED) is 0.795. The number of rotatable bonds is 7. The molecule has 3 rings (SSSR count). The molecule has 0 radical (unpaired) electrons. The topological polar surface area (TPSA) is 80.5 Å². The van der Waals surface area contributed by atoms with Gasteiger partial charge in [0.2, 0.25) is 0 Å². The number of nitrogens with one attached hydrogen (secondary N) is 1. The van der Waals surface area contributed by atoms with E-state index in [1.165, 1.54) is 0 Å². The Morgan fingerprint density at radius 1 is 1.35 bits per heavy atom. The van der Waals surface area contributed by atoms with Crippen molar-refractivity contribution in [3.05, 3.63) is 48.2 Å². The molecule has 26 heavy (non-hydrogen) atoms. The Hall–Kier alpha value is -2.44. The Labute approximate surface area is 154 Å². The van der Waals surface area contributed by atoms with Crippen molar-refractivity contribution in [3.8, 4) is 11.3 Å². The Morgan fingerprint density at radius 2 is 2.15 bits per heavy atom. The SMILES string of the molecule is COCCN1CCC(CNC(=O)c2ccc(-c3cc(N)ccn3)cc2)C1. The summed E-state index contributed by atoms with van der Waals surface area (Å²) in [7, 11) is 1.72. The molecular weight excluding hydrogens is 328 g/mol. The number of hydrogen-bond donors (Lipinski definition) is 2. The molecule has 0 spiro atoms. The van der Waals surface area contributed by atoms with Crippen LogP contribution in [0.4, 0.5) is 5.69 Å². The van der Waals surface area contributed by atoms with Gasteiger partial charge >= 0.3 is 0 Å². The monoisotopic (exact) mass is 354 g/mol. The number of carbonyl (C=O) groups excluding carboxylic acids is 1. The number of benzene rings is 1. The van der Waals surface area contributed by atoms with Crippen molar-refractivity contribution in [1.29, 1.82) is 0 Å². The van der Waals surface area contributed by atoms with E-state index in [0.717, 1.165) is 43.9 Å². The van der Waals surface area contributed by atoms with E-state index in [2.05, 4.69) is 15.2 Å². The van der Waals surface area contributed by atoms with Crippen molar-refractivity contribution in [2.75, 3.05) is 45.6 Å². The molecule has 1 aliphatic rings. The summed E-state index contributed by atoms with van der Waals surface area (Å²) in [6.07, 6.45) is 2.80. The fourth-order valence-electron chi connectivity index (χ4n) is 3.24. The number of nitrogens with zero attached hydrogens (tertiary/aromatic N) is 2. The standard InChI is InChI=1S/C20H26N4O2/c1-26-11-10-24-9-7-15(14-24)13-23-20(25)17-4-2-16(3-5-17)19-12-18(21)6-8-22-19/h2-6,8,12,15H,7,9-11,13-14H2,1H3,(H2,21,22)(H,23,25). The first kappa shape index (κ1) is 18.4. The molecule has 1 fully saturated rings. The first-order chi connectivity index (χ1) is 12.7. The second kappa shape index (κ2) is 8.78. The van der Waals surface area contributed by atoms with Gasteiger partial charge in [0.25, 0.3) is 5.91 Å². The van der Waals surface area contributed by atoms with Gasteiger partial charge in [-0.25, -0.2) is 0 Å². The highest BCUT2D eigenvalue weighted by Gasteiger charge is 2.22. The summed E-state index contributed by atoms with van der Waals surface area (Å²) in [5, 5.41) is 3.05. The summed E-state index contributed by atoms with van der Waals surface area (Å²) < 4.78 is 5.12. The average Bonchev–Trinajstić information content (AvgIpc) is 3.12. The first-order valence-corrected chi connectivity index (χ1v) is 8.97. The Morgan fingerprint density at radius 3 is 2.88 bits per heavy atom. The van der Waals surface area contributed by atoms with Crippen LogP contribution in [0, 0.1) is 5.92 Å². The Kier molecular flexibility index (Phi) is 6.20. The zero-order valence-corrected chi connectivity index (χ0v) is 15.1. The van der Waals surface area contributed by atoms with Crippen molar-refractivity contribution < 1.29 is 9.53 Å². The molecule has 138 valence electrons. The molecule has 1 aromatic carbocycles. The van der Waals surface area contributed by atoms with Gasteiger partial charge < -0.3 is 20.7 Å². The smallest absolute Gasteiger partial charge is 0.251 e.